The maximum Gasteiger partial charge on any atom is 0.327 e. The molecule has 1 saturated heterocycles. The highest BCUT2D eigenvalue weighted by molar-refractivity contribution is 7.80. The van der Waals surface area contributed by atoms with Crippen molar-refractivity contribution in [2.75, 3.05) is 12.3 Å². The number of amides is 4. The zero-order valence-electron chi connectivity index (χ0n) is 17.2. The number of likely N-dealkylation sites (tertiary alicyclic amines) is 1. The molecule has 1 aliphatic rings. The molecular weight excluding hydrogens is 414 g/mol. The fraction of sp³-hybridized carbons (Fsp3) is 0.722. The molecule has 4 amide bonds. The van der Waals surface area contributed by atoms with Gasteiger partial charge in [0.25, 0.3) is 0 Å². The lowest BCUT2D eigenvalue weighted by Gasteiger charge is -2.30. The first-order valence-electron chi connectivity index (χ1n) is 9.82. The largest absolute Gasteiger partial charge is 0.480 e. The van der Waals surface area contributed by atoms with E-state index in [0.717, 1.165) is 0 Å². The maximum absolute atomic E-state index is 12.9. The minimum absolute atomic E-state index is 0.106. The number of thiol groups is 1. The number of carboxylic acid groups (broad SMARTS) is 1. The van der Waals surface area contributed by atoms with Gasteiger partial charge in [-0.05, 0) is 18.8 Å². The van der Waals surface area contributed by atoms with Crippen LogP contribution in [0.3, 0.4) is 0 Å². The average Bonchev–Trinajstić information content (AvgIpc) is 3.17. The average molecular weight is 446 g/mol. The van der Waals surface area contributed by atoms with Crippen molar-refractivity contribution in [2.45, 2.75) is 63.7 Å². The van der Waals surface area contributed by atoms with Crippen molar-refractivity contribution < 1.29 is 29.1 Å². The molecule has 0 aromatic rings. The number of carbonyl (C=O) groups excluding carboxylic acids is 4. The first-order chi connectivity index (χ1) is 14.0. The summed E-state index contributed by atoms with van der Waals surface area (Å²) in [6.45, 7) is 3.88. The number of carbonyl (C=O) groups is 5. The number of hydrogen-bond acceptors (Lipinski definition) is 7. The molecule has 0 radical (unpaired) electrons. The van der Waals surface area contributed by atoms with E-state index >= 15 is 0 Å². The van der Waals surface area contributed by atoms with E-state index in [1.54, 1.807) is 6.92 Å². The molecule has 5 unspecified atom stereocenters. The number of primary amides is 1. The molecule has 0 saturated carbocycles. The van der Waals surface area contributed by atoms with Crippen LogP contribution in [0.25, 0.3) is 0 Å². The van der Waals surface area contributed by atoms with E-state index in [2.05, 4.69) is 23.3 Å². The van der Waals surface area contributed by atoms with Crippen LogP contribution in [-0.2, 0) is 24.0 Å². The van der Waals surface area contributed by atoms with Crippen molar-refractivity contribution in [3.05, 3.63) is 0 Å². The van der Waals surface area contributed by atoms with Crippen molar-refractivity contribution in [2.24, 2.45) is 17.4 Å². The topological polar surface area (TPSA) is 185 Å². The van der Waals surface area contributed by atoms with Crippen LogP contribution in [0.1, 0.15) is 39.5 Å². The molecule has 0 aromatic carbocycles. The fourth-order valence-corrected chi connectivity index (χ4v) is 3.47. The minimum Gasteiger partial charge on any atom is -0.480 e. The van der Waals surface area contributed by atoms with E-state index in [-0.39, 0.29) is 18.1 Å². The summed E-state index contributed by atoms with van der Waals surface area (Å²) in [4.78, 5) is 61.5. The van der Waals surface area contributed by atoms with Gasteiger partial charge in [-0.1, -0.05) is 20.3 Å². The first kappa shape index (κ1) is 25.7. The Labute approximate surface area is 180 Å². The molecule has 0 bridgehead atoms. The molecule has 0 aromatic heterocycles. The molecule has 170 valence electrons. The van der Waals surface area contributed by atoms with Crippen LogP contribution < -0.4 is 22.1 Å². The van der Waals surface area contributed by atoms with Crippen molar-refractivity contribution >= 4 is 42.2 Å². The van der Waals surface area contributed by atoms with Crippen molar-refractivity contribution in [1.29, 1.82) is 0 Å². The van der Waals surface area contributed by atoms with Gasteiger partial charge in [-0.2, -0.15) is 12.6 Å². The van der Waals surface area contributed by atoms with Crippen LogP contribution >= 0.6 is 12.6 Å². The highest BCUT2D eigenvalue weighted by atomic mass is 32.1. The third kappa shape index (κ3) is 6.87. The lowest BCUT2D eigenvalue weighted by molar-refractivity contribution is -0.143. The summed E-state index contributed by atoms with van der Waals surface area (Å²) in [5.41, 5.74) is 10.8. The Balaban J connectivity index is 2.92. The quantitative estimate of drug-likeness (QED) is 0.203. The summed E-state index contributed by atoms with van der Waals surface area (Å²) in [7, 11) is 0. The highest BCUT2D eigenvalue weighted by Crippen LogP contribution is 2.20. The molecule has 30 heavy (non-hydrogen) atoms. The maximum atomic E-state index is 12.9. The molecule has 11 nitrogen and oxygen atoms in total. The van der Waals surface area contributed by atoms with E-state index in [1.165, 1.54) is 4.90 Å². The normalized spacial score (nSPS) is 20.0. The number of nitrogens with zero attached hydrogens (tertiary/aromatic N) is 1. The predicted molar refractivity (Wildman–Crippen MR) is 111 cm³/mol. The SMILES string of the molecule is CCC(C)C(NC(=O)C1CCCN1C(=O)C(N)CC(N)=O)C(=O)NC(CS)C(=O)O. The molecule has 1 fully saturated rings. The molecule has 0 spiro atoms. The van der Waals surface area contributed by atoms with Gasteiger partial charge in [0.15, 0.2) is 0 Å². The van der Waals surface area contributed by atoms with Gasteiger partial charge in [-0.15, -0.1) is 0 Å². The second kappa shape index (κ2) is 11.7. The van der Waals surface area contributed by atoms with Gasteiger partial charge in [0.05, 0.1) is 12.5 Å². The Morgan fingerprint density at radius 1 is 1.23 bits per heavy atom. The van der Waals surface area contributed by atoms with Crippen LogP contribution in [0.4, 0.5) is 0 Å². The summed E-state index contributed by atoms with van der Waals surface area (Å²) >= 11 is 3.92. The second-order valence-corrected chi connectivity index (χ2v) is 7.79. The predicted octanol–water partition coefficient (Wildman–Crippen LogP) is -1.79. The smallest absolute Gasteiger partial charge is 0.327 e. The number of nitrogens with two attached hydrogens (primary N) is 2. The zero-order chi connectivity index (χ0) is 23.0. The Hall–Kier alpha value is -2.34. The molecule has 1 heterocycles. The Bertz CT molecular complexity index is 675. The van der Waals surface area contributed by atoms with Gasteiger partial charge in [0, 0.05) is 12.3 Å². The van der Waals surface area contributed by atoms with Gasteiger partial charge >= 0.3 is 5.97 Å². The Morgan fingerprint density at radius 3 is 2.37 bits per heavy atom. The molecule has 7 N–H and O–H groups in total. The lowest BCUT2D eigenvalue weighted by atomic mass is 9.97. The highest BCUT2D eigenvalue weighted by Gasteiger charge is 2.38. The summed E-state index contributed by atoms with van der Waals surface area (Å²) in [6, 6.07) is -4.16. The van der Waals surface area contributed by atoms with Gasteiger partial charge in [0.2, 0.25) is 23.6 Å². The number of hydrogen-bond donors (Lipinski definition) is 6. The van der Waals surface area contributed by atoms with Crippen LogP contribution in [0, 0.1) is 5.92 Å². The number of aliphatic carboxylic acids is 1. The van der Waals surface area contributed by atoms with Crippen LogP contribution in [-0.4, -0.2) is 76.1 Å². The van der Waals surface area contributed by atoms with E-state index in [1.807, 2.05) is 6.92 Å². The number of carboxylic acids is 1. The summed E-state index contributed by atoms with van der Waals surface area (Å²) in [5.74, 6) is -4.08. The van der Waals surface area contributed by atoms with E-state index in [9.17, 15) is 24.0 Å². The summed E-state index contributed by atoms with van der Waals surface area (Å²) in [6.07, 6.45) is 1.16. The van der Waals surface area contributed by atoms with Gasteiger partial charge in [0.1, 0.15) is 18.1 Å². The monoisotopic (exact) mass is 445 g/mol. The summed E-state index contributed by atoms with van der Waals surface area (Å²) in [5, 5.41) is 14.1. The van der Waals surface area contributed by atoms with Gasteiger partial charge in [-0.25, -0.2) is 4.79 Å². The minimum atomic E-state index is -1.23. The first-order valence-corrected chi connectivity index (χ1v) is 10.4. The van der Waals surface area contributed by atoms with Gasteiger partial charge in [-0.3, -0.25) is 19.2 Å². The van der Waals surface area contributed by atoms with Crippen molar-refractivity contribution in [3.63, 3.8) is 0 Å². The van der Waals surface area contributed by atoms with Crippen LogP contribution in [0.15, 0.2) is 0 Å². The number of nitrogens with one attached hydrogen (secondary N) is 2. The lowest BCUT2D eigenvalue weighted by Crippen LogP contribution is -2.58. The second-order valence-electron chi connectivity index (χ2n) is 7.42. The molecule has 1 rings (SSSR count). The molecule has 5 atom stereocenters. The van der Waals surface area contributed by atoms with E-state index in [0.29, 0.717) is 25.8 Å². The number of rotatable bonds is 11. The van der Waals surface area contributed by atoms with Crippen LogP contribution in [0.2, 0.25) is 0 Å². The van der Waals surface area contributed by atoms with Gasteiger partial charge < -0.3 is 32.1 Å². The molecule has 0 aliphatic carbocycles. The standard InChI is InChI=1S/C18H31N5O6S/c1-3-9(2)14(16(26)21-11(8-30)18(28)29)22-15(25)12-5-4-6-23(12)17(27)10(19)7-13(20)24/h9-12,14,30H,3-8,19H2,1-2H3,(H2,20,24)(H,21,26)(H,22,25)(H,28,29). The zero-order valence-corrected chi connectivity index (χ0v) is 18.1. The summed E-state index contributed by atoms with van der Waals surface area (Å²) < 4.78 is 0. The Morgan fingerprint density at radius 2 is 1.87 bits per heavy atom. The van der Waals surface area contributed by atoms with E-state index < -0.39 is 53.8 Å². The molecule has 1 aliphatic heterocycles. The molecular formula is C18H31N5O6S. The Kier molecular flexibility index (Phi) is 10.1. The third-order valence-corrected chi connectivity index (χ3v) is 5.53. The van der Waals surface area contributed by atoms with Crippen molar-refractivity contribution in [3.8, 4) is 0 Å². The van der Waals surface area contributed by atoms with Crippen molar-refractivity contribution in [1.82, 2.24) is 15.5 Å². The van der Waals surface area contributed by atoms with E-state index in [4.69, 9.17) is 16.6 Å². The van der Waals surface area contributed by atoms with Crippen LogP contribution in [0.5, 0.6) is 0 Å². The third-order valence-electron chi connectivity index (χ3n) is 5.17. The molecule has 12 heteroatoms. The fourth-order valence-electron chi connectivity index (χ4n) is 3.22.